The second kappa shape index (κ2) is 16.2. The molecule has 4 heteroatoms. The summed E-state index contributed by atoms with van der Waals surface area (Å²) >= 11 is 1.36. The molecule has 0 aromatic heterocycles. The first-order chi connectivity index (χ1) is 15.8. The molecule has 5 aromatic rings. The topological polar surface area (TPSA) is 0 Å². The molecule has 0 spiro atoms. The van der Waals surface area contributed by atoms with Crippen LogP contribution in [0.1, 0.15) is 38.9 Å². The molecule has 0 bridgehead atoms. The number of hydrogen-bond acceptors (Lipinski definition) is 0. The Kier molecular flexibility index (Phi) is 15.5. The van der Waals surface area contributed by atoms with Crippen molar-refractivity contribution in [2.45, 2.75) is 41.5 Å². The van der Waals surface area contributed by atoms with E-state index in [1.54, 1.807) is 0 Å². The Balaban J connectivity index is 0.000000480. The van der Waals surface area contributed by atoms with Crippen molar-refractivity contribution in [1.82, 2.24) is 0 Å². The van der Waals surface area contributed by atoms with E-state index in [2.05, 4.69) is 104 Å². The van der Waals surface area contributed by atoms with E-state index in [1.165, 1.54) is 78.3 Å². The Hall–Kier alpha value is -1.57. The Bertz CT molecular complexity index is 1150. The summed E-state index contributed by atoms with van der Waals surface area (Å²) in [6.07, 6.45) is 0. The first kappa shape index (κ1) is 33.4. The van der Waals surface area contributed by atoms with E-state index >= 15 is 0 Å². The van der Waals surface area contributed by atoms with Gasteiger partial charge in [-0.15, -0.1) is 80.2 Å². The fourth-order valence-corrected chi connectivity index (χ4v) is 3.95. The molecule has 182 valence electrons. The van der Waals surface area contributed by atoms with Gasteiger partial charge in [-0.1, -0.05) is 57.0 Å². The number of benzene rings is 3. The third kappa shape index (κ3) is 9.43. The van der Waals surface area contributed by atoms with Crippen LogP contribution < -0.4 is 24.8 Å². The molecule has 0 aliphatic carbocycles. The van der Waals surface area contributed by atoms with E-state index < -0.39 is 0 Å². The van der Waals surface area contributed by atoms with Crippen LogP contribution in [-0.4, -0.2) is 6.88 Å². The number of fused-ring (bicyclic) bond motifs is 2. The van der Waals surface area contributed by atoms with Crippen molar-refractivity contribution >= 4 is 28.4 Å². The van der Waals surface area contributed by atoms with Crippen LogP contribution in [0.15, 0.2) is 78.9 Å². The molecule has 0 aliphatic rings. The SMILES string of the molecule is Cc1cc2c(C)ccc(C)c2[cH-]1.Cc1cc2c(C)ccc(C)c2[cH-]1.[CH2-]c1ccccc1.[Cl-].[Cl-].[Si]=[Zr+2]. The molecule has 0 aliphatic heterocycles. The average Bonchev–Trinajstić information content (AvgIpc) is 3.41. The summed E-state index contributed by atoms with van der Waals surface area (Å²) in [4.78, 5) is 0. The summed E-state index contributed by atoms with van der Waals surface area (Å²) in [6.45, 7) is 19.8. The zero-order valence-corrected chi connectivity index (χ0v) is 26.4. The van der Waals surface area contributed by atoms with E-state index in [1.807, 2.05) is 30.3 Å². The molecule has 0 unspecified atom stereocenters. The van der Waals surface area contributed by atoms with Gasteiger partial charge in [-0.3, -0.25) is 0 Å². The molecule has 35 heavy (non-hydrogen) atoms. The van der Waals surface area contributed by atoms with Crippen molar-refractivity contribution in [3.8, 4) is 0 Å². The van der Waals surface area contributed by atoms with Crippen molar-refractivity contribution in [2.75, 3.05) is 0 Å². The molecule has 0 fully saturated rings. The van der Waals surface area contributed by atoms with E-state index in [4.69, 9.17) is 0 Å². The van der Waals surface area contributed by atoms with Crippen LogP contribution in [0.25, 0.3) is 21.5 Å². The Morgan fingerprint density at radius 3 is 1.20 bits per heavy atom. The van der Waals surface area contributed by atoms with Crippen molar-refractivity contribution in [1.29, 1.82) is 0 Å². The molecule has 5 rings (SSSR count). The molecular formula is C31H33Cl2SiZr-3. The molecule has 5 aromatic carbocycles. The van der Waals surface area contributed by atoms with Gasteiger partial charge in [-0.05, 0) is 13.8 Å². The molecule has 0 amide bonds. The Morgan fingerprint density at radius 1 is 0.571 bits per heavy atom. The van der Waals surface area contributed by atoms with E-state index in [0.29, 0.717) is 0 Å². The van der Waals surface area contributed by atoms with Crippen LogP contribution in [0.4, 0.5) is 0 Å². The van der Waals surface area contributed by atoms with Crippen LogP contribution in [0, 0.1) is 48.5 Å². The van der Waals surface area contributed by atoms with Crippen LogP contribution in [0.2, 0.25) is 0 Å². The second-order valence-electron chi connectivity index (χ2n) is 8.60. The van der Waals surface area contributed by atoms with Gasteiger partial charge < -0.3 is 24.8 Å². The first-order valence-electron chi connectivity index (χ1n) is 11.1. The average molecular weight is 596 g/mol. The van der Waals surface area contributed by atoms with Crippen LogP contribution >= 0.6 is 0 Å². The Labute approximate surface area is 241 Å². The predicted molar refractivity (Wildman–Crippen MR) is 144 cm³/mol. The molecule has 0 heterocycles. The molecule has 0 N–H and O–H groups in total. The summed E-state index contributed by atoms with van der Waals surface area (Å²) in [5.74, 6) is 0. The number of halogens is 2. The normalized spacial score (nSPS) is 9.37. The van der Waals surface area contributed by atoms with Gasteiger partial charge >= 0.3 is 30.2 Å². The first-order valence-corrected chi connectivity index (χ1v) is 15.3. The molecule has 0 atom stereocenters. The zero-order valence-electron chi connectivity index (χ0n) is 21.5. The summed E-state index contributed by atoms with van der Waals surface area (Å²) in [5.41, 5.74) is 9.31. The summed E-state index contributed by atoms with van der Waals surface area (Å²) in [7, 11) is 0. The van der Waals surface area contributed by atoms with Gasteiger partial charge in [-0.25, -0.2) is 0 Å². The third-order valence-electron chi connectivity index (χ3n) is 5.78. The maximum atomic E-state index is 3.72. The molecule has 0 saturated heterocycles. The van der Waals surface area contributed by atoms with Crippen molar-refractivity contribution in [3.63, 3.8) is 0 Å². The van der Waals surface area contributed by atoms with Crippen molar-refractivity contribution in [3.05, 3.63) is 125 Å². The van der Waals surface area contributed by atoms with Crippen LogP contribution in [-0.2, 0) is 23.3 Å². The fourth-order valence-electron chi connectivity index (χ4n) is 3.95. The van der Waals surface area contributed by atoms with Crippen LogP contribution in [0.5, 0.6) is 0 Å². The summed E-state index contributed by atoms with van der Waals surface area (Å²) < 4.78 is 0. The summed E-state index contributed by atoms with van der Waals surface area (Å²) in [6, 6.07) is 27.7. The second-order valence-corrected chi connectivity index (χ2v) is 8.60. The van der Waals surface area contributed by atoms with Gasteiger partial charge in [0.25, 0.3) is 0 Å². The number of aryl methyl sites for hydroxylation is 6. The molecule has 0 saturated carbocycles. The monoisotopic (exact) mass is 593 g/mol. The Morgan fingerprint density at radius 2 is 0.914 bits per heavy atom. The van der Waals surface area contributed by atoms with E-state index in [-0.39, 0.29) is 24.8 Å². The van der Waals surface area contributed by atoms with Gasteiger partial charge in [0.15, 0.2) is 0 Å². The number of rotatable bonds is 0. The fraction of sp³-hybridized carbons (Fsp3) is 0.194. The minimum absolute atomic E-state index is 0. The van der Waals surface area contributed by atoms with Gasteiger partial charge in [0, 0.05) is 0 Å². The van der Waals surface area contributed by atoms with Gasteiger partial charge in [0.2, 0.25) is 0 Å². The third-order valence-corrected chi connectivity index (χ3v) is 5.78. The quantitative estimate of drug-likeness (QED) is 0.191. The zero-order chi connectivity index (χ0) is 24.5. The minimum atomic E-state index is 0. The van der Waals surface area contributed by atoms with Gasteiger partial charge in [0.05, 0.1) is 0 Å². The van der Waals surface area contributed by atoms with E-state index in [0.717, 1.165) is 5.56 Å². The molecular weight excluding hydrogens is 563 g/mol. The maximum absolute atomic E-state index is 3.72. The molecule has 0 nitrogen and oxygen atoms in total. The van der Waals surface area contributed by atoms with Crippen LogP contribution in [0.3, 0.4) is 0 Å². The summed E-state index contributed by atoms with van der Waals surface area (Å²) in [5, 5.41) is 5.64. The van der Waals surface area contributed by atoms with Crippen molar-refractivity contribution in [2.24, 2.45) is 0 Å². The molecule has 2 radical (unpaired) electrons. The predicted octanol–water partition coefficient (Wildman–Crippen LogP) is 2.46. The van der Waals surface area contributed by atoms with Gasteiger partial charge in [0.1, 0.15) is 0 Å². The van der Waals surface area contributed by atoms with Crippen molar-refractivity contribution < 1.29 is 48.1 Å². The standard InChI is InChI=1S/2C12H13.C7H7.2ClH.Si.Zr/c2*1-8-6-11-9(2)4-5-10(3)12(11)7-8;1-7-5-3-2-4-6-7;;;;/h2*4-7H,1-3H3;2-6H,1H2;2*1H;;/q3*-1;;;;+2/p-2. The number of hydrogen-bond donors (Lipinski definition) is 0. The van der Waals surface area contributed by atoms with E-state index in [9.17, 15) is 0 Å². The van der Waals surface area contributed by atoms with Gasteiger partial charge in [-0.2, -0.15) is 36.8 Å².